The van der Waals surface area contributed by atoms with Crippen molar-refractivity contribution in [3.63, 3.8) is 0 Å². The average molecular weight is 303 g/mol. The number of nitrogen functional groups attached to an aromatic ring is 1. The molecule has 1 aliphatic carbocycles. The normalized spacial score (nSPS) is 21.9. The van der Waals surface area contributed by atoms with E-state index in [1.165, 1.54) is 76.2 Å². The Morgan fingerprint density at radius 2 is 1.68 bits per heavy atom. The number of nitrogens with two attached hydrogens (primary N) is 1. The molecule has 1 fully saturated rings. The van der Waals surface area contributed by atoms with Gasteiger partial charge in [0.05, 0.1) is 5.69 Å². The Morgan fingerprint density at radius 3 is 2.36 bits per heavy atom. The van der Waals surface area contributed by atoms with Crippen molar-refractivity contribution in [2.45, 2.75) is 83.5 Å². The summed E-state index contributed by atoms with van der Waals surface area (Å²) in [5, 5.41) is 9.53. The number of hydrogen-bond acceptors (Lipinski definition) is 2. The number of rotatable bonds is 8. The zero-order chi connectivity index (χ0) is 15.8. The Bertz CT molecular complexity index is 435. The summed E-state index contributed by atoms with van der Waals surface area (Å²) in [5.41, 5.74) is 7.65. The van der Waals surface area contributed by atoms with Gasteiger partial charge >= 0.3 is 0 Å². The first-order valence-electron chi connectivity index (χ1n) is 9.29. The van der Waals surface area contributed by atoms with Crippen LogP contribution in [-0.4, -0.2) is 5.11 Å². The van der Waals surface area contributed by atoms with Crippen LogP contribution in [-0.2, 0) is 0 Å². The van der Waals surface area contributed by atoms with Crippen LogP contribution in [0.3, 0.4) is 0 Å². The number of anilines is 1. The van der Waals surface area contributed by atoms with Crippen molar-refractivity contribution in [3.8, 4) is 5.75 Å². The van der Waals surface area contributed by atoms with Gasteiger partial charge in [-0.05, 0) is 55.2 Å². The molecule has 0 atom stereocenters. The van der Waals surface area contributed by atoms with Gasteiger partial charge < -0.3 is 10.8 Å². The maximum atomic E-state index is 9.53. The van der Waals surface area contributed by atoms with Crippen LogP contribution in [0.5, 0.6) is 5.75 Å². The van der Waals surface area contributed by atoms with Crippen molar-refractivity contribution in [2.75, 3.05) is 5.73 Å². The van der Waals surface area contributed by atoms with E-state index in [1.807, 2.05) is 12.1 Å². The molecule has 1 aliphatic rings. The van der Waals surface area contributed by atoms with E-state index in [0.29, 0.717) is 11.6 Å². The van der Waals surface area contributed by atoms with E-state index in [4.69, 9.17) is 5.73 Å². The highest BCUT2D eigenvalue weighted by molar-refractivity contribution is 5.53. The number of unbranched alkanes of at least 4 members (excludes halogenated alkanes) is 5. The van der Waals surface area contributed by atoms with Crippen molar-refractivity contribution in [1.29, 1.82) is 0 Å². The van der Waals surface area contributed by atoms with E-state index < -0.39 is 0 Å². The molecule has 1 aromatic rings. The van der Waals surface area contributed by atoms with E-state index in [9.17, 15) is 5.11 Å². The van der Waals surface area contributed by atoms with Gasteiger partial charge in [0.15, 0.2) is 0 Å². The lowest BCUT2D eigenvalue weighted by atomic mass is 9.77. The third-order valence-corrected chi connectivity index (χ3v) is 5.34. The summed E-state index contributed by atoms with van der Waals surface area (Å²) >= 11 is 0. The predicted octanol–water partition coefficient (Wildman–Crippen LogP) is 6.00. The molecule has 0 heterocycles. The van der Waals surface area contributed by atoms with Crippen molar-refractivity contribution in [2.24, 2.45) is 5.92 Å². The highest BCUT2D eigenvalue weighted by atomic mass is 16.3. The quantitative estimate of drug-likeness (QED) is 0.351. The largest absolute Gasteiger partial charge is 0.506 e. The minimum absolute atomic E-state index is 0.209. The van der Waals surface area contributed by atoms with Gasteiger partial charge in [0.25, 0.3) is 0 Å². The maximum absolute atomic E-state index is 9.53. The number of phenols is 1. The number of phenolic OH excluding ortho intramolecular Hbond substituents is 1. The molecule has 3 N–H and O–H groups in total. The lowest BCUT2D eigenvalue weighted by Gasteiger charge is -2.29. The fourth-order valence-corrected chi connectivity index (χ4v) is 3.82. The summed E-state index contributed by atoms with van der Waals surface area (Å²) in [6.07, 6.45) is 15.2. The molecule has 0 saturated heterocycles. The number of hydrogen-bond donors (Lipinski definition) is 2. The molecule has 0 unspecified atom stereocenters. The average Bonchev–Trinajstić information content (AvgIpc) is 2.54. The molecule has 0 spiro atoms. The van der Waals surface area contributed by atoms with Gasteiger partial charge in [-0.1, -0.05) is 57.9 Å². The molecule has 1 aromatic carbocycles. The first-order chi connectivity index (χ1) is 10.7. The van der Waals surface area contributed by atoms with Crippen LogP contribution >= 0.6 is 0 Å². The van der Waals surface area contributed by atoms with E-state index in [2.05, 4.69) is 6.92 Å². The second-order valence-electron chi connectivity index (χ2n) is 7.09. The molecule has 0 amide bonds. The molecule has 0 aliphatic heterocycles. The monoisotopic (exact) mass is 303 g/mol. The Balaban J connectivity index is 1.66. The van der Waals surface area contributed by atoms with E-state index in [0.717, 1.165) is 5.92 Å². The summed E-state index contributed by atoms with van der Waals surface area (Å²) in [7, 11) is 0. The van der Waals surface area contributed by atoms with Gasteiger partial charge in [-0.25, -0.2) is 0 Å². The summed E-state index contributed by atoms with van der Waals surface area (Å²) in [5.74, 6) is 1.79. The minimum Gasteiger partial charge on any atom is -0.506 e. The Morgan fingerprint density at radius 1 is 1.00 bits per heavy atom. The standard InChI is InChI=1S/C20H33NO/c1-2-3-4-5-6-7-8-16-9-11-17(12-10-16)18-13-14-20(22)19(21)15-18/h13-17,22H,2-12,21H2,1H3. The lowest BCUT2D eigenvalue weighted by Crippen LogP contribution is -2.13. The van der Waals surface area contributed by atoms with Crippen LogP contribution in [0, 0.1) is 5.92 Å². The van der Waals surface area contributed by atoms with Gasteiger partial charge in [0.1, 0.15) is 5.75 Å². The summed E-state index contributed by atoms with van der Waals surface area (Å²) in [4.78, 5) is 0. The Hall–Kier alpha value is -1.18. The minimum atomic E-state index is 0.209. The van der Waals surface area contributed by atoms with Gasteiger partial charge in [0.2, 0.25) is 0 Å². The molecule has 124 valence electrons. The number of aromatic hydroxyl groups is 1. The van der Waals surface area contributed by atoms with Crippen LogP contribution in [0.2, 0.25) is 0 Å². The molecule has 2 rings (SSSR count). The second kappa shape index (κ2) is 9.07. The third kappa shape index (κ3) is 5.23. The van der Waals surface area contributed by atoms with Gasteiger partial charge in [-0.3, -0.25) is 0 Å². The van der Waals surface area contributed by atoms with Crippen LogP contribution in [0.15, 0.2) is 18.2 Å². The highest BCUT2D eigenvalue weighted by Crippen LogP contribution is 2.39. The Labute approximate surface area is 136 Å². The van der Waals surface area contributed by atoms with E-state index >= 15 is 0 Å². The summed E-state index contributed by atoms with van der Waals surface area (Å²) in [6, 6.07) is 5.76. The molecule has 0 bridgehead atoms. The van der Waals surface area contributed by atoms with Crippen LogP contribution in [0.1, 0.15) is 89.0 Å². The van der Waals surface area contributed by atoms with E-state index in [-0.39, 0.29) is 5.75 Å². The fourth-order valence-electron chi connectivity index (χ4n) is 3.82. The molecule has 22 heavy (non-hydrogen) atoms. The van der Waals surface area contributed by atoms with Crippen molar-refractivity contribution >= 4 is 5.69 Å². The third-order valence-electron chi connectivity index (χ3n) is 5.34. The van der Waals surface area contributed by atoms with Gasteiger partial charge in [0, 0.05) is 0 Å². The van der Waals surface area contributed by atoms with Gasteiger partial charge in [-0.2, -0.15) is 0 Å². The summed E-state index contributed by atoms with van der Waals surface area (Å²) in [6.45, 7) is 2.28. The van der Waals surface area contributed by atoms with Gasteiger partial charge in [-0.15, -0.1) is 0 Å². The topological polar surface area (TPSA) is 46.2 Å². The second-order valence-corrected chi connectivity index (χ2v) is 7.09. The number of benzene rings is 1. The molecule has 0 aromatic heterocycles. The highest BCUT2D eigenvalue weighted by Gasteiger charge is 2.22. The predicted molar refractivity (Wildman–Crippen MR) is 95.2 cm³/mol. The molecular weight excluding hydrogens is 270 g/mol. The Kier molecular flexibility index (Phi) is 7.08. The van der Waals surface area contributed by atoms with Crippen LogP contribution < -0.4 is 5.73 Å². The molecule has 2 heteroatoms. The SMILES string of the molecule is CCCCCCCCC1CCC(c2ccc(O)c(N)c2)CC1. The maximum Gasteiger partial charge on any atom is 0.138 e. The molecule has 0 radical (unpaired) electrons. The lowest BCUT2D eigenvalue weighted by molar-refractivity contribution is 0.302. The smallest absolute Gasteiger partial charge is 0.138 e. The molecular formula is C20H33NO. The van der Waals surface area contributed by atoms with Crippen LogP contribution in [0.4, 0.5) is 5.69 Å². The van der Waals surface area contributed by atoms with E-state index in [1.54, 1.807) is 6.07 Å². The first kappa shape index (κ1) is 17.2. The van der Waals surface area contributed by atoms with Crippen LogP contribution in [0.25, 0.3) is 0 Å². The summed E-state index contributed by atoms with van der Waals surface area (Å²) < 4.78 is 0. The van der Waals surface area contributed by atoms with Crippen molar-refractivity contribution in [3.05, 3.63) is 23.8 Å². The molecule has 1 saturated carbocycles. The zero-order valence-electron chi connectivity index (χ0n) is 14.2. The van der Waals surface area contributed by atoms with Crippen molar-refractivity contribution in [1.82, 2.24) is 0 Å². The van der Waals surface area contributed by atoms with Crippen molar-refractivity contribution < 1.29 is 5.11 Å². The zero-order valence-corrected chi connectivity index (χ0v) is 14.2. The molecule has 2 nitrogen and oxygen atoms in total. The fraction of sp³-hybridized carbons (Fsp3) is 0.700. The first-order valence-corrected chi connectivity index (χ1v) is 9.29.